The van der Waals surface area contributed by atoms with Gasteiger partial charge in [0.2, 0.25) is 0 Å². The number of hydrogen-bond donors (Lipinski definition) is 0. The van der Waals surface area contributed by atoms with E-state index in [2.05, 4.69) is 16.0 Å². The Hall–Kier alpha value is -2.40. The Bertz CT molecular complexity index is 1240. The normalized spacial score (nSPS) is 11.1. The van der Waals surface area contributed by atoms with Gasteiger partial charge >= 0.3 is 0 Å². The lowest BCUT2D eigenvalue weighted by atomic mass is 10.1. The van der Waals surface area contributed by atoms with Crippen molar-refractivity contribution in [2.45, 2.75) is 10.2 Å². The van der Waals surface area contributed by atoms with Crippen LogP contribution in [0.5, 0.6) is 0 Å². The molecule has 0 amide bonds. The molecule has 4 rings (SSSR count). The van der Waals surface area contributed by atoms with Gasteiger partial charge in [-0.2, -0.15) is 5.26 Å². The van der Waals surface area contributed by atoms with Crippen LogP contribution in [0.3, 0.4) is 0 Å². The third-order valence-corrected chi connectivity index (χ3v) is 5.74. The molecule has 8 heteroatoms. The van der Waals surface area contributed by atoms with Gasteiger partial charge in [-0.05, 0) is 47.5 Å². The second-order valence-corrected chi connectivity index (χ2v) is 7.60. The van der Waals surface area contributed by atoms with E-state index in [1.807, 2.05) is 5.38 Å². The number of fused-ring (bicyclic) bond motifs is 2. The lowest BCUT2D eigenvalue weighted by Crippen LogP contribution is -2.19. The molecule has 0 aliphatic rings. The minimum Gasteiger partial charge on any atom is -0.290 e. The van der Waals surface area contributed by atoms with Crippen molar-refractivity contribution in [2.75, 3.05) is 0 Å². The van der Waals surface area contributed by atoms with Gasteiger partial charge in [0.1, 0.15) is 9.86 Å². The van der Waals surface area contributed by atoms with E-state index in [0.29, 0.717) is 41.9 Å². The fraction of sp³-hybridized carbons (Fsp3) is 0.0588. The van der Waals surface area contributed by atoms with Crippen molar-refractivity contribution >= 4 is 55.8 Å². The van der Waals surface area contributed by atoms with Gasteiger partial charge in [0.05, 0.1) is 22.5 Å². The molecule has 5 nitrogen and oxygen atoms in total. The summed E-state index contributed by atoms with van der Waals surface area (Å²) in [4.78, 5) is 22.2. The Morgan fingerprint density at radius 2 is 2.08 bits per heavy atom. The van der Waals surface area contributed by atoms with Crippen molar-refractivity contribution in [2.24, 2.45) is 7.05 Å². The van der Waals surface area contributed by atoms with E-state index in [0.717, 1.165) is 0 Å². The molecule has 3 aromatic heterocycles. The van der Waals surface area contributed by atoms with Gasteiger partial charge in [-0.15, -0.1) is 11.3 Å². The van der Waals surface area contributed by atoms with E-state index >= 15 is 0 Å². The van der Waals surface area contributed by atoms with Crippen LogP contribution in [-0.4, -0.2) is 14.5 Å². The fourth-order valence-electron chi connectivity index (χ4n) is 2.48. The fourth-order valence-corrected chi connectivity index (χ4v) is 4.33. The highest BCUT2D eigenvalue weighted by Gasteiger charge is 2.13. The molecule has 0 unspecified atom stereocenters. The maximum atomic E-state index is 12.4. The molecule has 0 saturated heterocycles. The molecule has 0 aliphatic heterocycles. The highest BCUT2D eigenvalue weighted by Crippen LogP contribution is 2.30. The first-order chi connectivity index (χ1) is 12.1. The molecule has 4 aromatic rings. The maximum absolute atomic E-state index is 12.4. The van der Waals surface area contributed by atoms with Crippen LogP contribution in [0.15, 0.2) is 50.7 Å². The zero-order valence-corrected chi connectivity index (χ0v) is 15.2. The standard InChI is InChI=1S/C17H9ClN4OS2/c1-22-16(23)11-4-5-24-15(11)21-17(22)25-14-6-9(8-19)12-7-10(18)2-3-13(12)20-14/h2-7H,1H3. The minimum absolute atomic E-state index is 0.0955. The molecule has 3 heterocycles. The van der Waals surface area contributed by atoms with Crippen LogP contribution in [0.25, 0.3) is 21.1 Å². The molecule has 0 bridgehead atoms. The Morgan fingerprint density at radius 3 is 2.88 bits per heavy atom. The molecule has 0 aliphatic carbocycles. The highest BCUT2D eigenvalue weighted by atomic mass is 35.5. The zero-order valence-electron chi connectivity index (χ0n) is 12.9. The monoisotopic (exact) mass is 384 g/mol. The van der Waals surface area contributed by atoms with Crippen LogP contribution in [0.2, 0.25) is 5.02 Å². The van der Waals surface area contributed by atoms with Crippen molar-refractivity contribution in [3.63, 3.8) is 0 Å². The average Bonchev–Trinajstić information content (AvgIpc) is 3.07. The largest absolute Gasteiger partial charge is 0.290 e. The van der Waals surface area contributed by atoms with Crippen LogP contribution in [-0.2, 0) is 7.05 Å². The molecule has 0 atom stereocenters. The van der Waals surface area contributed by atoms with Crippen molar-refractivity contribution in [3.05, 3.63) is 56.7 Å². The number of thiophene rings is 1. The summed E-state index contributed by atoms with van der Waals surface area (Å²) in [6.45, 7) is 0. The van der Waals surface area contributed by atoms with Gasteiger partial charge in [-0.1, -0.05) is 11.6 Å². The predicted octanol–water partition coefficient (Wildman–Crippen LogP) is 4.22. The molecule has 122 valence electrons. The molecule has 1 aromatic carbocycles. The first-order valence-corrected chi connectivity index (χ1v) is 9.27. The van der Waals surface area contributed by atoms with Crippen molar-refractivity contribution < 1.29 is 0 Å². The summed E-state index contributed by atoms with van der Waals surface area (Å²) in [6, 6.07) is 10.9. The Kier molecular flexibility index (Phi) is 3.96. The number of nitrogens with zero attached hydrogens (tertiary/aromatic N) is 4. The van der Waals surface area contributed by atoms with E-state index in [1.165, 1.54) is 27.7 Å². The quantitative estimate of drug-likeness (QED) is 0.484. The minimum atomic E-state index is -0.0955. The Balaban J connectivity index is 1.86. The lowest BCUT2D eigenvalue weighted by Gasteiger charge is -2.08. The summed E-state index contributed by atoms with van der Waals surface area (Å²) in [6.07, 6.45) is 0. The lowest BCUT2D eigenvalue weighted by molar-refractivity contribution is 0.727. The topological polar surface area (TPSA) is 71.6 Å². The number of benzene rings is 1. The zero-order chi connectivity index (χ0) is 17.6. The van der Waals surface area contributed by atoms with E-state index in [9.17, 15) is 10.1 Å². The molecule has 0 saturated carbocycles. The van der Waals surface area contributed by atoms with Crippen LogP contribution in [0.4, 0.5) is 0 Å². The number of halogens is 1. The molecule has 0 radical (unpaired) electrons. The van der Waals surface area contributed by atoms with Gasteiger partial charge in [0, 0.05) is 17.5 Å². The van der Waals surface area contributed by atoms with Gasteiger partial charge < -0.3 is 0 Å². The van der Waals surface area contributed by atoms with E-state index in [-0.39, 0.29) is 5.56 Å². The highest BCUT2D eigenvalue weighted by molar-refractivity contribution is 7.99. The molecule has 25 heavy (non-hydrogen) atoms. The Labute approximate surface area is 155 Å². The average molecular weight is 385 g/mol. The van der Waals surface area contributed by atoms with Crippen molar-refractivity contribution in [1.82, 2.24) is 14.5 Å². The summed E-state index contributed by atoms with van der Waals surface area (Å²) in [5, 5.41) is 14.3. The third-order valence-electron chi connectivity index (χ3n) is 3.73. The van der Waals surface area contributed by atoms with Gasteiger partial charge in [-0.25, -0.2) is 9.97 Å². The summed E-state index contributed by atoms with van der Waals surface area (Å²) in [7, 11) is 1.68. The van der Waals surface area contributed by atoms with Gasteiger partial charge in [-0.3, -0.25) is 9.36 Å². The first-order valence-electron chi connectivity index (χ1n) is 7.19. The molecule has 0 spiro atoms. The number of rotatable bonds is 2. The van der Waals surface area contributed by atoms with Gasteiger partial charge in [0.25, 0.3) is 5.56 Å². The van der Waals surface area contributed by atoms with E-state index in [1.54, 1.807) is 37.4 Å². The summed E-state index contributed by atoms with van der Waals surface area (Å²) in [5.41, 5.74) is 1.06. The van der Waals surface area contributed by atoms with Crippen LogP contribution in [0, 0.1) is 11.3 Å². The van der Waals surface area contributed by atoms with Gasteiger partial charge in [0.15, 0.2) is 5.16 Å². The second-order valence-electron chi connectivity index (χ2n) is 5.28. The summed E-state index contributed by atoms with van der Waals surface area (Å²) >= 11 is 8.69. The maximum Gasteiger partial charge on any atom is 0.262 e. The van der Waals surface area contributed by atoms with Crippen LogP contribution >= 0.6 is 34.7 Å². The molecular weight excluding hydrogens is 376 g/mol. The molecule has 0 N–H and O–H groups in total. The van der Waals surface area contributed by atoms with E-state index in [4.69, 9.17) is 11.6 Å². The Morgan fingerprint density at radius 1 is 1.24 bits per heavy atom. The van der Waals surface area contributed by atoms with Crippen LogP contribution < -0.4 is 5.56 Å². The first kappa shape index (κ1) is 16.1. The number of aromatic nitrogens is 3. The number of pyridine rings is 1. The van der Waals surface area contributed by atoms with Crippen LogP contribution in [0.1, 0.15) is 5.56 Å². The SMILES string of the molecule is Cn1c(Sc2cc(C#N)c3cc(Cl)ccc3n2)nc2sccc2c1=O. The molecule has 0 fully saturated rings. The number of hydrogen-bond acceptors (Lipinski definition) is 6. The van der Waals surface area contributed by atoms with E-state index < -0.39 is 0 Å². The summed E-state index contributed by atoms with van der Waals surface area (Å²) in [5.74, 6) is 0. The predicted molar refractivity (Wildman–Crippen MR) is 100 cm³/mol. The number of nitriles is 1. The summed E-state index contributed by atoms with van der Waals surface area (Å²) < 4.78 is 1.50. The molecular formula is C17H9ClN4OS2. The second kappa shape index (κ2) is 6.15. The smallest absolute Gasteiger partial charge is 0.262 e. The third kappa shape index (κ3) is 2.78. The van der Waals surface area contributed by atoms with Crippen molar-refractivity contribution in [1.29, 1.82) is 5.26 Å². The van der Waals surface area contributed by atoms with Crippen molar-refractivity contribution in [3.8, 4) is 6.07 Å².